The first-order valence-electron chi connectivity index (χ1n) is 4.90. The molecule has 82 valence electrons. The molecule has 1 aromatic heterocycles. The molecule has 0 radical (unpaired) electrons. The van der Waals surface area contributed by atoms with Gasteiger partial charge in [0, 0.05) is 11.6 Å². The lowest BCUT2D eigenvalue weighted by atomic mass is 9.96. The summed E-state index contributed by atoms with van der Waals surface area (Å²) in [6, 6.07) is 6.58. The third kappa shape index (κ3) is 1.58. The first-order chi connectivity index (χ1) is 7.61. The number of carbonyl (C=O) groups is 1. The third-order valence-corrected chi connectivity index (χ3v) is 2.62. The van der Waals surface area contributed by atoms with Crippen molar-refractivity contribution in [2.45, 2.75) is 12.8 Å². The van der Waals surface area contributed by atoms with Gasteiger partial charge in [-0.3, -0.25) is 9.78 Å². The molecule has 2 aromatic rings. The molecule has 2 rings (SSSR count). The minimum atomic E-state index is -0.893. The molecule has 0 aliphatic carbocycles. The number of phenols is 1. The normalized spacial score (nSPS) is 12.6. The smallest absolute Gasteiger partial charge is 0.310 e. The molecule has 1 atom stereocenters. The molecule has 1 heterocycles. The summed E-state index contributed by atoms with van der Waals surface area (Å²) in [5.74, 6) is -1.44. The number of carboxylic acids is 1. The van der Waals surface area contributed by atoms with Crippen molar-refractivity contribution >= 4 is 16.9 Å². The van der Waals surface area contributed by atoms with E-state index in [0.717, 1.165) is 0 Å². The van der Waals surface area contributed by atoms with Gasteiger partial charge < -0.3 is 10.2 Å². The van der Waals surface area contributed by atoms with E-state index in [9.17, 15) is 9.90 Å². The minimum absolute atomic E-state index is 0.0666. The zero-order valence-corrected chi connectivity index (χ0v) is 8.71. The number of rotatable bonds is 2. The Morgan fingerprint density at radius 2 is 2.12 bits per heavy atom. The molecule has 0 spiro atoms. The number of carboxylic acid groups (broad SMARTS) is 1. The number of nitrogens with zero attached hydrogens (tertiary/aromatic N) is 1. The third-order valence-electron chi connectivity index (χ3n) is 2.62. The average molecular weight is 217 g/mol. The van der Waals surface area contributed by atoms with Crippen molar-refractivity contribution in [2.75, 3.05) is 0 Å². The van der Waals surface area contributed by atoms with Crippen LogP contribution in [0.1, 0.15) is 18.4 Å². The molecule has 4 nitrogen and oxygen atoms in total. The second-order valence-corrected chi connectivity index (χ2v) is 3.63. The van der Waals surface area contributed by atoms with Crippen LogP contribution in [-0.4, -0.2) is 21.2 Å². The molecule has 0 bridgehead atoms. The Bertz CT molecular complexity index is 551. The number of phenolic OH excluding ortho intramolecular Hbond substituents is 1. The highest BCUT2D eigenvalue weighted by molar-refractivity contribution is 5.91. The molecule has 2 N–H and O–H groups in total. The van der Waals surface area contributed by atoms with Gasteiger partial charge in [0.25, 0.3) is 0 Å². The number of fused-ring (bicyclic) bond motifs is 1. The molecule has 0 saturated carbocycles. The highest BCUT2D eigenvalue weighted by Crippen LogP contribution is 2.30. The molecule has 0 aliphatic heterocycles. The number of hydrogen-bond donors (Lipinski definition) is 2. The second-order valence-electron chi connectivity index (χ2n) is 3.63. The monoisotopic (exact) mass is 217 g/mol. The summed E-state index contributed by atoms with van der Waals surface area (Å²) in [5.41, 5.74) is 1.10. The van der Waals surface area contributed by atoms with Crippen molar-refractivity contribution in [3.05, 3.63) is 36.0 Å². The highest BCUT2D eigenvalue weighted by atomic mass is 16.4. The lowest BCUT2D eigenvalue weighted by Gasteiger charge is -2.10. The van der Waals surface area contributed by atoms with Gasteiger partial charge in [0.2, 0.25) is 0 Å². The Balaban J connectivity index is 2.72. The van der Waals surface area contributed by atoms with Crippen LogP contribution < -0.4 is 0 Å². The van der Waals surface area contributed by atoms with Crippen molar-refractivity contribution in [1.29, 1.82) is 0 Å². The second kappa shape index (κ2) is 3.81. The molecule has 0 amide bonds. The van der Waals surface area contributed by atoms with E-state index in [1.54, 1.807) is 31.3 Å². The van der Waals surface area contributed by atoms with E-state index in [2.05, 4.69) is 4.98 Å². The quantitative estimate of drug-likeness (QED) is 0.808. The van der Waals surface area contributed by atoms with Crippen molar-refractivity contribution in [3.8, 4) is 5.75 Å². The fourth-order valence-corrected chi connectivity index (χ4v) is 1.69. The first-order valence-corrected chi connectivity index (χ1v) is 4.90. The zero-order chi connectivity index (χ0) is 11.7. The largest absolute Gasteiger partial charge is 0.506 e. The van der Waals surface area contributed by atoms with E-state index >= 15 is 0 Å². The van der Waals surface area contributed by atoms with E-state index in [1.807, 2.05) is 0 Å². The first kappa shape index (κ1) is 10.4. The van der Waals surface area contributed by atoms with Crippen molar-refractivity contribution < 1.29 is 15.0 Å². The number of aliphatic carboxylic acids is 1. The minimum Gasteiger partial charge on any atom is -0.506 e. The van der Waals surface area contributed by atoms with E-state index in [4.69, 9.17) is 5.11 Å². The summed E-state index contributed by atoms with van der Waals surface area (Å²) >= 11 is 0. The molecule has 0 fully saturated rings. The molecular weight excluding hydrogens is 206 g/mol. The van der Waals surface area contributed by atoms with Gasteiger partial charge in [0.05, 0.1) is 5.92 Å². The van der Waals surface area contributed by atoms with Gasteiger partial charge in [-0.25, -0.2) is 0 Å². The van der Waals surface area contributed by atoms with Gasteiger partial charge in [-0.1, -0.05) is 12.1 Å². The maximum Gasteiger partial charge on any atom is 0.310 e. The molecule has 0 saturated heterocycles. The van der Waals surface area contributed by atoms with E-state index in [0.29, 0.717) is 16.5 Å². The number of hydrogen-bond acceptors (Lipinski definition) is 3. The Morgan fingerprint density at radius 3 is 2.81 bits per heavy atom. The summed E-state index contributed by atoms with van der Waals surface area (Å²) in [4.78, 5) is 15.0. The molecule has 1 aromatic carbocycles. The summed E-state index contributed by atoms with van der Waals surface area (Å²) in [6.45, 7) is 1.61. The lowest BCUT2D eigenvalue weighted by Crippen LogP contribution is -2.07. The lowest BCUT2D eigenvalue weighted by molar-refractivity contribution is -0.138. The Kier molecular flexibility index (Phi) is 2.48. The fourth-order valence-electron chi connectivity index (χ4n) is 1.69. The van der Waals surface area contributed by atoms with E-state index in [1.165, 1.54) is 6.07 Å². The number of pyridine rings is 1. The molecule has 0 aliphatic rings. The van der Waals surface area contributed by atoms with Gasteiger partial charge in [0.1, 0.15) is 11.3 Å². The molecule has 16 heavy (non-hydrogen) atoms. The van der Waals surface area contributed by atoms with Crippen LogP contribution in [0.15, 0.2) is 30.5 Å². The van der Waals surface area contributed by atoms with Crippen molar-refractivity contribution in [2.24, 2.45) is 0 Å². The van der Waals surface area contributed by atoms with Gasteiger partial charge in [0.15, 0.2) is 0 Å². The van der Waals surface area contributed by atoms with Crippen LogP contribution in [0.4, 0.5) is 0 Å². The predicted molar refractivity (Wildman–Crippen MR) is 59.5 cm³/mol. The Labute approximate surface area is 92.2 Å². The van der Waals surface area contributed by atoms with Crippen LogP contribution >= 0.6 is 0 Å². The maximum absolute atomic E-state index is 10.9. The summed E-state index contributed by atoms with van der Waals surface area (Å²) in [7, 11) is 0. The average Bonchev–Trinajstić information content (AvgIpc) is 2.29. The topological polar surface area (TPSA) is 70.4 Å². The zero-order valence-electron chi connectivity index (χ0n) is 8.71. The van der Waals surface area contributed by atoms with Crippen LogP contribution in [0.3, 0.4) is 0 Å². The van der Waals surface area contributed by atoms with Crippen LogP contribution in [0.2, 0.25) is 0 Å². The summed E-state index contributed by atoms with van der Waals surface area (Å²) < 4.78 is 0. The van der Waals surface area contributed by atoms with E-state index in [-0.39, 0.29) is 5.75 Å². The van der Waals surface area contributed by atoms with Crippen LogP contribution in [0.5, 0.6) is 5.75 Å². The number of benzene rings is 1. The summed E-state index contributed by atoms with van der Waals surface area (Å²) in [5, 5.41) is 19.3. The van der Waals surface area contributed by atoms with Crippen molar-refractivity contribution in [1.82, 2.24) is 4.98 Å². The van der Waals surface area contributed by atoms with Crippen LogP contribution in [0.25, 0.3) is 10.9 Å². The predicted octanol–water partition coefficient (Wildman–Crippen LogP) is 2.13. The van der Waals surface area contributed by atoms with Gasteiger partial charge in [-0.2, -0.15) is 0 Å². The molecular formula is C12H11NO3. The van der Waals surface area contributed by atoms with Crippen LogP contribution in [-0.2, 0) is 4.79 Å². The number of aromatic nitrogens is 1. The summed E-state index contributed by atoms with van der Waals surface area (Å²) in [6.07, 6.45) is 1.57. The van der Waals surface area contributed by atoms with Gasteiger partial charge in [-0.05, 0) is 24.6 Å². The highest BCUT2D eigenvalue weighted by Gasteiger charge is 2.17. The fraction of sp³-hybridized carbons (Fsp3) is 0.167. The van der Waals surface area contributed by atoms with Gasteiger partial charge >= 0.3 is 5.97 Å². The van der Waals surface area contributed by atoms with Gasteiger partial charge in [-0.15, -0.1) is 0 Å². The number of aromatic hydroxyl groups is 1. The maximum atomic E-state index is 10.9. The van der Waals surface area contributed by atoms with Crippen LogP contribution in [0, 0.1) is 0 Å². The van der Waals surface area contributed by atoms with E-state index < -0.39 is 11.9 Å². The Morgan fingerprint density at radius 1 is 1.38 bits per heavy atom. The molecule has 1 unspecified atom stereocenters. The Hall–Kier alpha value is -2.10. The SMILES string of the molecule is CC(C(=O)O)c1ccc(O)c2ncccc12. The standard InChI is InChI=1S/C12H11NO3/c1-7(12(15)16)8-4-5-10(14)11-9(8)3-2-6-13-11/h2-7,14H,1H3,(H,15,16). The van der Waals surface area contributed by atoms with Crippen molar-refractivity contribution in [3.63, 3.8) is 0 Å². The molecule has 4 heteroatoms.